The highest BCUT2D eigenvalue weighted by Crippen LogP contribution is 2.34. The van der Waals surface area contributed by atoms with E-state index >= 15 is 0 Å². The highest BCUT2D eigenvalue weighted by atomic mass is 35.5. The van der Waals surface area contributed by atoms with Crippen molar-refractivity contribution >= 4 is 27.4 Å². The number of aromatic nitrogens is 1. The molecule has 1 fully saturated rings. The molecule has 1 aliphatic heterocycles. The van der Waals surface area contributed by atoms with Crippen LogP contribution in [0.3, 0.4) is 0 Å². The molecule has 2 aromatic rings. The number of hydrogen-bond acceptors (Lipinski definition) is 4. The van der Waals surface area contributed by atoms with Crippen molar-refractivity contribution in [1.82, 2.24) is 9.29 Å². The quantitative estimate of drug-likeness (QED) is 0.737. The van der Waals surface area contributed by atoms with Crippen molar-refractivity contribution in [2.75, 3.05) is 31.1 Å². The lowest BCUT2D eigenvalue weighted by Gasteiger charge is -2.35. The second-order valence-electron chi connectivity index (χ2n) is 6.69. The Morgan fingerprint density at radius 2 is 1.71 bits per heavy atom. The van der Waals surface area contributed by atoms with Crippen molar-refractivity contribution in [3.05, 3.63) is 52.2 Å². The first-order valence-electron chi connectivity index (χ1n) is 8.55. The van der Waals surface area contributed by atoms with Gasteiger partial charge in [-0.05, 0) is 31.5 Å². The molecule has 0 N–H and O–H groups in total. The highest BCUT2D eigenvalue weighted by molar-refractivity contribution is 7.89. The third-order valence-electron chi connectivity index (χ3n) is 4.64. The van der Waals surface area contributed by atoms with E-state index in [9.17, 15) is 21.6 Å². The van der Waals surface area contributed by atoms with E-state index in [0.717, 1.165) is 17.8 Å². The van der Waals surface area contributed by atoms with Gasteiger partial charge in [0.05, 0.1) is 15.5 Å². The average molecular weight is 434 g/mol. The molecule has 0 saturated carbocycles. The standard InChI is InChI=1S/C18H19ClF3N3O2S/c1-12-3-4-16(13(2)9-12)28(26,27)25-7-5-24(6-8-25)17-15(19)10-14(11-23-17)18(20,21)22/h3-4,9-11H,5-8H2,1-2H3. The lowest BCUT2D eigenvalue weighted by molar-refractivity contribution is -0.137. The van der Waals surface area contributed by atoms with Gasteiger partial charge in [0, 0.05) is 32.4 Å². The van der Waals surface area contributed by atoms with E-state index in [2.05, 4.69) is 4.98 Å². The van der Waals surface area contributed by atoms with Gasteiger partial charge in [0.1, 0.15) is 5.82 Å². The summed E-state index contributed by atoms with van der Waals surface area (Å²) in [4.78, 5) is 5.80. The molecule has 152 valence electrons. The van der Waals surface area contributed by atoms with Gasteiger partial charge in [0.2, 0.25) is 10.0 Å². The molecule has 0 radical (unpaired) electrons. The molecule has 1 saturated heterocycles. The van der Waals surface area contributed by atoms with E-state index in [4.69, 9.17) is 11.6 Å². The van der Waals surface area contributed by atoms with Crippen molar-refractivity contribution < 1.29 is 21.6 Å². The zero-order chi connectivity index (χ0) is 20.7. The Morgan fingerprint density at radius 1 is 1.07 bits per heavy atom. The Kier molecular flexibility index (Phi) is 5.62. The Morgan fingerprint density at radius 3 is 2.25 bits per heavy atom. The Bertz CT molecular complexity index is 988. The van der Waals surface area contributed by atoms with Crippen LogP contribution in [0.15, 0.2) is 35.4 Å². The second kappa shape index (κ2) is 7.53. The second-order valence-corrected chi connectivity index (χ2v) is 9.00. The molecule has 0 aliphatic carbocycles. The van der Waals surface area contributed by atoms with Gasteiger partial charge >= 0.3 is 6.18 Å². The van der Waals surface area contributed by atoms with Crippen LogP contribution < -0.4 is 4.90 Å². The summed E-state index contributed by atoms with van der Waals surface area (Å²) in [5, 5.41) is -0.111. The SMILES string of the molecule is Cc1ccc(S(=O)(=O)N2CCN(c3ncc(C(F)(F)F)cc3Cl)CC2)c(C)c1. The lowest BCUT2D eigenvalue weighted by atomic mass is 10.2. The van der Waals surface area contributed by atoms with Crippen LogP contribution in [0.25, 0.3) is 0 Å². The Hall–Kier alpha value is -1.84. The molecule has 5 nitrogen and oxygen atoms in total. The number of sulfonamides is 1. The smallest absolute Gasteiger partial charge is 0.353 e. The van der Waals surface area contributed by atoms with Gasteiger partial charge in [-0.2, -0.15) is 17.5 Å². The van der Waals surface area contributed by atoms with Crippen LogP contribution in [0.2, 0.25) is 5.02 Å². The number of aryl methyl sites for hydroxylation is 2. The lowest BCUT2D eigenvalue weighted by Crippen LogP contribution is -2.49. The van der Waals surface area contributed by atoms with Gasteiger partial charge in [-0.15, -0.1) is 0 Å². The predicted octanol–water partition coefficient (Wildman–Crippen LogP) is 3.88. The molecule has 0 spiro atoms. The van der Waals surface area contributed by atoms with E-state index in [1.807, 2.05) is 13.0 Å². The van der Waals surface area contributed by atoms with Crippen molar-refractivity contribution in [3.8, 4) is 0 Å². The van der Waals surface area contributed by atoms with Crippen LogP contribution in [0, 0.1) is 13.8 Å². The maximum atomic E-state index is 12.9. The first-order chi connectivity index (χ1) is 13.0. The molecule has 10 heteroatoms. The number of piperazine rings is 1. The van der Waals surface area contributed by atoms with Crippen LogP contribution in [0.1, 0.15) is 16.7 Å². The largest absolute Gasteiger partial charge is 0.417 e. The summed E-state index contributed by atoms with van der Waals surface area (Å²) in [5.41, 5.74) is 0.733. The third kappa shape index (κ3) is 4.11. The minimum absolute atomic E-state index is 0.111. The Balaban J connectivity index is 1.76. The first-order valence-corrected chi connectivity index (χ1v) is 10.4. The van der Waals surface area contributed by atoms with Crippen molar-refractivity contribution in [1.29, 1.82) is 0 Å². The number of halogens is 4. The summed E-state index contributed by atoms with van der Waals surface area (Å²) in [6.07, 6.45) is -3.78. The van der Waals surface area contributed by atoms with Crippen LogP contribution >= 0.6 is 11.6 Å². The molecule has 3 rings (SSSR count). The van der Waals surface area contributed by atoms with E-state index in [1.54, 1.807) is 24.0 Å². The van der Waals surface area contributed by atoms with Crippen LogP contribution in [0.4, 0.5) is 19.0 Å². The summed E-state index contributed by atoms with van der Waals surface area (Å²) >= 11 is 5.99. The highest BCUT2D eigenvalue weighted by Gasteiger charge is 2.33. The van der Waals surface area contributed by atoms with E-state index in [0.29, 0.717) is 5.56 Å². The summed E-state index contributed by atoms with van der Waals surface area (Å²) in [6, 6.07) is 6.00. The minimum Gasteiger partial charge on any atom is -0.353 e. The maximum Gasteiger partial charge on any atom is 0.417 e. The number of benzene rings is 1. The normalized spacial score (nSPS) is 16.4. The van der Waals surface area contributed by atoms with Gasteiger partial charge in [-0.1, -0.05) is 29.3 Å². The minimum atomic E-state index is -4.52. The number of nitrogens with zero attached hydrogens (tertiary/aromatic N) is 3. The van der Waals surface area contributed by atoms with Gasteiger partial charge in [-0.25, -0.2) is 13.4 Å². The molecule has 0 amide bonds. The van der Waals surface area contributed by atoms with Gasteiger partial charge < -0.3 is 4.90 Å². The van der Waals surface area contributed by atoms with E-state index in [-0.39, 0.29) is 41.9 Å². The summed E-state index contributed by atoms with van der Waals surface area (Å²) < 4.78 is 65.5. The molecular formula is C18H19ClF3N3O2S. The van der Waals surface area contributed by atoms with Gasteiger partial charge in [0.25, 0.3) is 0 Å². The number of pyridine rings is 1. The molecule has 0 bridgehead atoms. The number of anilines is 1. The molecule has 0 atom stereocenters. The predicted molar refractivity (Wildman–Crippen MR) is 101 cm³/mol. The third-order valence-corrected chi connectivity index (χ3v) is 6.97. The van der Waals surface area contributed by atoms with E-state index < -0.39 is 21.8 Å². The number of alkyl halides is 3. The summed E-state index contributed by atoms with van der Waals surface area (Å²) in [7, 11) is -3.65. The average Bonchev–Trinajstić information content (AvgIpc) is 2.60. The van der Waals surface area contributed by atoms with Crippen molar-refractivity contribution in [3.63, 3.8) is 0 Å². The molecule has 1 aromatic heterocycles. The Labute approximate surface area is 166 Å². The summed E-state index contributed by atoms with van der Waals surface area (Å²) in [6.45, 7) is 4.58. The first kappa shape index (κ1) is 20.9. The molecule has 0 unspecified atom stereocenters. The van der Waals surface area contributed by atoms with Crippen molar-refractivity contribution in [2.45, 2.75) is 24.9 Å². The zero-order valence-electron chi connectivity index (χ0n) is 15.3. The monoisotopic (exact) mass is 433 g/mol. The topological polar surface area (TPSA) is 53.5 Å². The number of rotatable bonds is 3. The van der Waals surface area contributed by atoms with Gasteiger partial charge in [-0.3, -0.25) is 0 Å². The molecule has 2 heterocycles. The molecular weight excluding hydrogens is 415 g/mol. The maximum absolute atomic E-state index is 12.9. The fraction of sp³-hybridized carbons (Fsp3) is 0.389. The van der Waals surface area contributed by atoms with Crippen LogP contribution in [0.5, 0.6) is 0 Å². The molecule has 1 aliphatic rings. The zero-order valence-corrected chi connectivity index (χ0v) is 16.9. The van der Waals surface area contributed by atoms with Gasteiger partial charge in [0.15, 0.2) is 0 Å². The fourth-order valence-corrected chi connectivity index (χ4v) is 5.10. The number of hydrogen-bond donors (Lipinski definition) is 0. The molecule has 1 aromatic carbocycles. The molecule has 28 heavy (non-hydrogen) atoms. The summed E-state index contributed by atoms with van der Waals surface area (Å²) in [5.74, 6) is 0.221. The van der Waals surface area contributed by atoms with Crippen LogP contribution in [-0.2, 0) is 16.2 Å². The fourth-order valence-electron chi connectivity index (χ4n) is 3.19. The van der Waals surface area contributed by atoms with Crippen molar-refractivity contribution in [2.24, 2.45) is 0 Å². The van der Waals surface area contributed by atoms with Crippen LogP contribution in [-0.4, -0.2) is 43.9 Å². The van der Waals surface area contributed by atoms with E-state index in [1.165, 1.54) is 4.31 Å².